The zero-order valence-electron chi connectivity index (χ0n) is 48.2. The lowest BCUT2D eigenvalue weighted by Crippen LogP contribution is -2.12. The van der Waals surface area contributed by atoms with Crippen LogP contribution in [0.2, 0.25) is 0 Å². The lowest BCUT2D eigenvalue weighted by Gasteiger charge is -2.10. The summed E-state index contributed by atoms with van der Waals surface area (Å²) in [4.78, 5) is 52.4. The Morgan fingerprint density at radius 1 is 0.395 bits per heavy atom. The van der Waals surface area contributed by atoms with Crippen molar-refractivity contribution in [3.8, 4) is 22.3 Å². The second kappa shape index (κ2) is 25.8. The minimum Gasteiger partial charge on any atom is -0.464 e. The molecule has 14 nitrogen and oxygen atoms in total. The molecule has 0 spiro atoms. The first-order valence-electron chi connectivity index (χ1n) is 29.7. The number of para-hydroxylation sites is 2. The molecule has 2 aromatic heterocycles. The van der Waals surface area contributed by atoms with Crippen molar-refractivity contribution in [1.82, 2.24) is 9.13 Å². The number of esters is 4. The van der Waals surface area contributed by atoms with Crippen LogP contribution in [-0.4, -0.2) is 83.3 Å². The summed E-state index contributed by atoms with van der Waals surface area (Å²) in [5.41, 5.74) is 15.2. The lowest BCUT2D eigenvalue weighted by molar-refractivity contribution is -0.146. The third-order valence-electron chi connectivity index (χ3n) is 15.9. The standard InChI is InChI=1S/C72H64N6O8/c1-3-5-39-85-71(81)57-27-17-25-55-67(57)51-21-7-9-23-53(51)69(55)75-73-45-47-33-35-63-59(43-47)49-19-11-13-29-61(49)77(63)37-41-83-65(79)31-15-16-32-66(80)84-42-38-78-62-30-14-12-20-50(62)60-44-48(34-36-64(60)78)46-74-76-70-54-24-10-8-22-52(54)68-56(70)26-18-28-58(68)72(82)86-40-6-4-2/h7-14,17-30,33-36,43-46H,3-6,15-16,31-32,37-42H2,1-2H3/b73-45+,74-46+,75-69+,76-70+. The second-order valence-electron chi connectivity index (χ2n) is 21.5. The van der Waals surface area contributed by atoms with Crippen LogP contribution in [0.1, 0.15) is 119 Å². The van der Waals surface area contributed by atoms with Gasteiger partial charge in [-0.3, -0.25) is 9.59 Å². The van der Waals surface area contributed by atoms with Crippen LogP contribution in [0.3, 0.4) is 0 Å². The highest BCUT2D eigenvalue weighted by Crippen LogP contribution is 2.42. The molecular formula is C72H64N6O8. The summed E-state index contributed by atoms with van der Waals surface area (Å²) < 4.78 is 27.0. The number of ether oxygens (including phenoxy) is 4. The lowest BCUT2D eigenvalue weighted by atomic mass is 9.99. The van der Waals surface area contributed by atoms with E-state index in [0.717, 1.165) is 125 Å². The summed E-state index contributed by atoms with van der Waals surface area (Å²) in [5.74, 6) is -1.31. The SMILES string of the molecule is CCCCOC(=O)c1cccc2c1-c1ccccc1/C2=N\N=C\c1ccc2c(c1)c1ccccc1n2CCOC(=O)CCCCC(=O)OCCn1c2ccccc2c2cc(/C=N/N=C3\c4ccccc4-c4c(C(=O)OCCCC)cccc43)ccc21. The molecule has 14 heteroatoms. The Labute approximate surface area is 498 Å². The minimum atomic E-state index is -0.342. The van der Waals surface area contributed by atoms with Crippen molar-refractivity contribution < 1.29 is 38.1 Å². The van der Waals surface area contributed by atoms with Crippen LogP contribution < -0.4 is 0 Å². The summed E-state index contributed by atoms with van der Waals surface area (Å²) in [5, 5.41) is 22.8. The number of hydrogen-bond acceptors (Lipinski definition) is 12. The molecule has 0 saturated carbocycles. The van der Waals surface area contributed by atoms with E-state index in [1.54, 1.807) is 12.4 Å². The normalized spacial score (nSPS) is 13.3. The highest BCUT2D eigenvalue weighted by Gasteiger charge is 2.31. The minimum absolute atomic E-state index is 0.191. The average molecular weight is 1140 g/mol. The van der Waals surface area contributed by atoms with Crippen LogP contribution in [0.15, 0.2) is 190 Å². The molecule has 430 valence electrons. The van der Waals surface area contributed by atoms with Gasteiger partial charge in [-0.2, -0.15) is 10.2 Å². The van der Waals surface area contributed by atoms with Gasteiger partial charge in [0.15, 0.2) is 0 Å². The van der Waals surface area contributed by atoms with Crippen molar-refractivity contribution in [2.45, 2.75) is 78.3 Å². The Morgan fingerprint density at radius 3 is 1.23 bits per heavy atom. The van der Waals surface area contributed by atoms with Gasteiger partial charge in [0.2, 0.25) is 0 Å². The van der Waals surface area contributed by atoms with Crippen LogP contribution in [0.25, 0.3) is 65.9 Å². The van der Waals surface area contributed by atoms with Crippen molar-refractivity contribution in [3.05, 3.63) is 214 Å². The highest BCUT2D eigenvalue weighted by atomic mass is 16.5. The number of carbonyl (C=O) groups is 4. The summed E-state index contributed by atoms with van der Waals surface area (Å²) in [6, 6.07) is 55.7. The molecule has 0 bridgehead atoms. The predicted octanol–water partition coefficient (Wildman–Crippen LogP) is 14.9. The van der Waals surface area contributed by atoms with Gasteiger partial charge in [0.05, 0.1) is 49.9 Å². The summed E-state index contributed by atoms with van der Waals surface area (Å²) in [7, 11) is 0. The fourth-order valence-corrected chi connectivity index (χ4v) is 11.8. The van der Waals surface area contributed by atoms with Gasteiger partial charge < -0.3 is 28.1 Å². The van der Waals surface area contributed by atoms with Gasteiger partial charge in [-0.15, -0.1) is 10.2 Å². The zero-order chi connectivity index (χ0) is 58.9. The van der Waals surface area contributed by atoms with E-state index in [4.69, 9.17) is 29.2 Å². The number of unbranched alkanes of at least 4 members (excludes halogenated alkanes) is 3. The molecule has 2 heterocycles. The van der Waals surface area contributed by atoms with Crippen LogP contribution in [0.4, 0.5) is 0 Å². The molecule has 0 saturated heterocycles. The quantitative estimate of drug-likeness (QED) is 0.0201. The molecule has 2 aliphatic carbocycles. The third kappa shape index (κ3) is 11.5. The van der Waals surface area contributed by atoms with Crippen LogP contribution in [0.5, 0.6) is 0 Å². The first-order valence-corrected chi connectivity index (χ1v) is 29.7. The van der Waals surface area contributed by atoms with Crippen molar-refractivity contribution in [1.29, 1.82) is 0 Å². The van der Waals surface area contributed by atoms with Crippen molar-refractivity contribution in [3.63, 3.8) is 0 Å². The van der Waals surface area contributed by atoms with Gasteiger partial charge in [-0.05, 0) is 96.5 Å². The summed E-state index contributed by atoms with van der Waals surface area (Å²) in [6.45, 7) is 6.18. The van der Waals surface area contributed by atoms with Gasteiger partial charge in [-0.25, -0.2) is 9.59 Å². The molecule has 0 fully saturated rings. The second-order valence-corrected chi connectivity index (χ2v) is 21.5. The number of carbonyl (C=O) groups excluding carboxylic acids is 4. The number of hydrogen-bond donors (Lipinski definition) is 0. The van der Waals surface area contributed by atoms with E-state index in [2.05, 4.69) is 81.7 Å². The fraction of sp³-hybridized carbons (Fsp3) is 0.222. The molecular weight excluding hydrogens is 1080 g/mol. The first kappa shape index (κ1) is 56.4. The largest absolute Gasteiger partial charge is 0.464 e. The van der Waals surface area contributed by atoms with E-state index in [9.17, 15) is 19.2 Å². The van der Waals surface area contributed by atoms with E-state index < -0.39 is 0 Å². The Balaban J connectivity index is 0.628. The van der Waals surface area contributed by atoms with Gasteiger partial charge in [0.25, 0.3) is 0 Å². The molecule has 2 aliphatic rings. The third-order valence-corrected chi connectivity index (χ3v) is 15.9. The highest BCUT2D eigenvalue weighted by molar-refractivity contribution is 6.28. The topological polar surface area (TPSA) is 164 Å². The number of nitrogens with zero attached hydrogens (tertiary/aromatic N) is 6. The van der Waals surface area contributed by atoms with Gasteiger partial charge >= 0.3 is 23.9 Å². The number of aromatic nitrogens is 2. The van der Waals surface area contributed by atoms with E-state index in [1.807, 2.05) is 121 Å². The molecule has 8 aromatic carbocycles. The van der Waals surface area contributed by atoms with Gasteiger partial charge in [0.1, 0.15) is 24.6 Å². The molecule has 0 N–H and O–H groups in total. The first-order chi connectivity index (χ1) is 42.3. The van der Waals surface area contributed by atoms with Crippen molar-refractivity contribution >= 4 is 91.3 Å². The molecule has 0 aliphatic heterocycles. The smallest absolute Gasteiger partial charge is 0.338 e. The predicted molar refractivity (Wildman–Crippen MR) is 340 cm³/mol. The molecule has 10 aromatic rings. The summed E-state index contributed by atoms with van der Waals surface area (Å²) in [6.07, 6.45) is 8.35. The Kier molecular flexibility index (Phi) is 16.9. The number of rotatable bonds is 23. The number of benzene rings is 8. The summed E-state index contributed by atoms with van der Waals surface area (Å²) >= 11 is 0. The maximum atomic E-state index is 13.2. The average Bonchev–Trinajstić information content (AvgIpc) is 2.06. The van der Waals surface area contributed by atoms with E-state index >= 15 is 0 Å². The fourth-order valence-electron chi connectivity index (χ4n) is 11.8. The van der Waals surface area contributed by atoms with E-state index in [1.165, 1.54) is 0 Å². The van der Waals surface area contributed by atoms with Gasteiger partial charge in [-0.1, -0.05) is 148 Å². The Hall–Kier alpha value is -10.1. The van der Waals surface area contributed by atoms with E-state index in [0.29, 0.717) is 61.7 Å². The van der Waals surface area contributed by atoms with Crippen LogP contribution in [-0.2, 0) is 41.6 Å². The maximum Gasteiger partial charge on any atom is 0.338 e. The Morgan fingerprint density at radius 2 is 0.791 bits per heavy atom. The van der Waals surface area contributed by atoms with Gasteiger partial charge in [0, 0.05) is 89.8 Å². The molecule has 0 amide bonds. The van der Waals surface area contributed by atoms with E-state index in [-0.39, 0.29) is 49.9 Å². The molecule has 12 rings (SSSR count). The van der Waals surface area contributed by atoms with Crippen molar-refractivity contribution in [2.75, 3.05) is 26.4 Å². The maximum absolute atomic E-state index is 13.2. The Bertz CT molecular complexity index is 4110. The van der Waals surface area contributed by atoms with Crippen LogP contribution in [0, 0.1) is 0 Å². The molecule has 86 heavy (non-hydrogen) atoms. The van der Waals surface area contributed by atoms with Crippen LogP contribution >= 0.6 is 0 Å². The molecule has 0 atom stereocenters. The monoisotopic (exact) mass is 1140 g/mol. The molecule has 0 unspecified atom stereocenters. The van der Waals surface area contributed by atoms with Crippen molar-refractivity contribution in [2.24, 2.45) is 20.4 Å². The molecule has 0 radical (unpaired) electrons. The zero-order valence-corrected chi connectivity index (χ0v) is 48.2. The number of fused-ring (bicyclic) bond motifs is 12.